The molecule has 2 aromatic rings. The summed E-state index contributed by atoms with van der Waals surface area (Å²) in [6.45, 7) is 11.8. The highest BCUT2D eigenvalue weighted by molar-refractivity contribution is 9.10. The molecule has 3 atom stereocenters. The fourth-order valence-electron chi connectivity index (χ4n) is 3.17. The van der Waals surface area contributed by atoms with Gasteiger partial charge in [-0.3, -0.25) is 0 Å². The standard InChI is InChI=1S/C18H29BrN4O3Si/c1-18(2,3)27(5,6)26-13-7-11(9-24-4)25-17(13)23-8-12(19)14-15(20)21-10-22-16(14)23/h8,10-11,13,17H,7,9H2,1-6H3,(H2,20,21,22)/t11-,13?,17+/m0/s1. The van der Waals surface area contributed by atoms with Crippen molar-refractivity contribution in [2.75, 3.05) is 19.5 Å². The second kappa shape index (κ2) is 7.44. The summed E-state index contributed by atoms with van der Waals surface area (Å²) in [7, 11) is -0.282. The highest BCUT2D eigenvalue weighted by atomic mass is 79.9. The molecule has 0 radical (unpaired) electrons. The molecule has 1 unspecified atom stereocenters. The van der Waals surface area contributed by atoms with Crippen LogP contribution >= 0.6 is 15.9 Å². The van der Waals surface area contributed by atoms with Crippen LogP contribution in [0.25, 0.3) is 11.0 Å². The fraction of sp³-hybridized carbons (Fsp3) is 0.667. The van der Waals surface area contributed by atoms with Gasteiger partial charge in [0.1, 0.15) is 17.8 Å². The maximum absolute atomic E-state index is 6.74. The maximum atomic E-state index is 6.74. The second-order valence-corrected chi connectivity index (χ2v) is 14.2. The van der Waals surface area contributed by atoms with Crippen LogP contribution in [0.2, 0.25) is 18.1 Å². The summed E-state index contributed by atoms with van der Waals surface area (Å²) < 4.78 is 21.3. The average molecular weight is 457 g/mol. The molecule has 0 bridgehead atoms. The first kappa shape index (κ1) is 20.7. The molecule has 2 aromatic heterocycles. The molecular formula is C18H29BrN4O3Si. The third-order valence-corrected chi connectivity index (χ3v) is 10.7. The molecule has 7 nitrogen and oxygen atoms in total. The van der Waals surface area contributed by atoms with Crippen molar-refractivity contribution in [1.29, 1.82) is 0 Å². The number of halogens is 1. The van der Waals surface area contributed by atoms with Crippen LogP contribution in [0.5, 0.6) is 0 Å². The fourth-order valence-corrected chi connectivity index (χ4v) is 5.10. The van der Waals surface area contributed by atoms with Gasteiger partial charge < -0.3 is 24.2 Å². The molecule has 1 saturated heterocycles. The van der Waals surface area contributed by atoms with Crippen LogP contribution < -0.4 is 5.73 Å². The summed E-state index contributed by atoms with van der Waals surface area (Å²) in [6, 6.07) is 0. The van der Waals surface area contributed by atoms with Gasteiger partial charge in [-0.15, -0.1) is 0 Å². The van der Waals surface area contributed by atoms with Crippen molar-refractivity contribution in [2.45, 2.75) is 63.8 Å². The Kier molecular flexibility index (Phi) is 5.71. The molecule has 3 heterocycles. The third kappa shape index (κ3) is 3.93. The summed E-state index contributed by atoms with van der Waals surface area (Å²) in [5.74, 6) is 0.443. The Morgan fingerprint density at radius 3 is 2.70 bits per heavy atom. The zero-order chi connectivity index (χ0) is 20.0. The van der Waals surface area contributed by atoms with Gasteiger partial charge in [0.25, 0.3) is 0 Å². The number of anilines is 1. The number of hydrogen-bond donors (Lipinski definition) is 1. The van der Waals surface area contributed by atoms with Crippen molar-refractivity contribution >= 4 is 41.1 Å². The minimum atomic E-state index is -1.97. The van der Waals surface area contributed by atoms with E-state index in [-0.39, 0.29) is 23.5 Å². The highest BCUT2D eigenvalue weighted by Crippen LogP contribution is 2.43. The molecule has 0 aliphatic carbocycles. The molecule has 1 aliphatic rings. The lowest BCUT2D eigenvalue weighted by atomic mass is 10.2. The minimum Gasteiger partial charge on any atom is -0.409 e. The molecule has 0 amide bonds. The summed E-state index contributed by atoms with van der Waals surface area (Å²) in [5.41, 5.74) is 6.80. The third-order valence-electron chi connectivity index (χ3n) is 5.62. The van der Waals surface area contributed by atoms with Gasteiger partial charge in [0.2, 0.25) is 0 Å². The molecule has 1 aliphatic heterocycles. The second-order valence-electron chi connectivity index (χ2n) is 8.60. The number of nitrogens with two attached hydrogens (primary N) is 1. The Labute approximate surface area is 169 Å². The Morgan fingerprint density at radius 2 is 2.07 bits per heavy atom. The van der Waals surface area contributed by atoms with E-state index in [9.17, 15) is 0 Å². The number of hydrogen-bond acceptors (Lipinski definition) is 6. The van der Waals surface area contributed by atoms with Gasteiger partial charge in [-0.25, -0.2) is 9.97 Å². The van der Waals surface area contributed by atoms with Gasteiger partial charge in [-0.05, 0) is 34.1 Å². The molecule has 2 N–H and O–H groups in total. The molecule has 0 saturated carbocycles. The van der Waals surface area contributed by atoms with Crippen LogP contribution in [0.4, 0.5) is 5.82 Å². The highest BCUT2D eigenvalue weighted by Gasteiger charge is 2.45. The van der Waals surface area contributed by atoms with Crippen LogP contribution in [0.1, 0.15) is 33.4 Å². The number of methoxy groups -OCH3 is 1. The van der Waals surface area contributed by atoms with E-state index in [4.69, 9.17) is 19.6 Å². The van der Waals surface area contributed by atoms with Crippen LogP contribution in [-0.4, -0.2) is 48.8 Å². The van der Waals surface area contributed by atoms with Gasteiger partial charge in [0.05, 0.1) is 24.2 Å². The molecular weight excluding hydrogens is 428 g/mol. The molecule has 3 rings (SSSR count). The number of aromatic nitrogens is 3. The van der Waals surface area contributed by atoms with Gasteiger partial charge in [-0.1, -0.05) is 20.8 Å². The van der Waals surface area contributed by atoms with E-state index in [1.807, 2.05) is 10.8 Å². The van der Waals surface area contributed by atoms with E-state index in [2.05, 4.69) is 59.8 Å². The summed E-state index contributed by atoms with van der Waals surface area (Å²) in [4.78, 5) is 8.55. The normalized spacial score (nSPS) is 24.0. The smallest absolute Gasteiger partial charge is 0.192 e. The number of ether oxygens (including phenoxy) is 2. The SMILES string of the molecule is COC[C@@H]1CC(O[Si](C)(C)C(C)(C)C)[C@H](n2cc(Br)c3c(N)ncnc32)O1. The lowest BCUT2D eigenvalue weighted by molar-refractivity contribution is -0.0515. The van der Waals surface area contributed by atoms with E-state index in [1.54, 1.807) is 7.11 Å². The predicted octanol–water partition coefficient (Wildman–Crippen LogP) is 4.10. The molecule has 0 aromatic carbocycles. The monoisotopic (exact) mass is 456 g/mol. The first-order valence-corrected chi connectivity index (χ1v) is 12.8. The van der Waals surface area contributed by atoms with Crippen molar-refractivity contribution in [2.24, 2.45) is 0 Å². The maximum Gasteiger partial charge on any atom is 0.192 e. The summed E-state index contributed by atoms with van der Waals surface area (Å²) in [6.07, 6.45) is 3.82. The number of rotatable bonds is 5. The molecule has 27 heavy (non-hydrogen) atoms. The topological polar surface area (TPSA) is 84.4 Å². The number of fused-ring (bicyclic) bond motifs is 1. The summed E-state index contributed by atoms with van der Waals surface area (Å²) >= 11 is 3.58. The van der Waals surface area contributed by atoms with Crippen molar-refractivity contribution in [1.82, 2.24) is 14.5 Å². The Bertz CT molecular complexity index is 821. The quantitative estimate of drug-likeness (QED) is 0.681. The Balaban J connectivity index is 2.00. The van der Waals surface area contributed by atoms with Gasteiger partial charge in [0.15, 0.2) is 14.5 Å². The number of nitrogen functional groups attached to an aromatic ring is 1. The van der Waals surface area contributed by atoms with Gasteiger partial charge in [-0.2, -0.15) is 0 Å². The van der Waals surface area contributed by atoms with Crippen LogP contribution in [0.15, 0.2) is 17.0 Å². The Hall–Kier alpha value is -1.00. The average Bonchev–Trinajstić information content (AvgIpc) is 3.08. The lowest BCUT2D eigenvalue weighted by Gasteiger charge is -2.39. The van der Waals surface area contributed by atoms with Crippen molar-refractivity contribution in [3.63, 3.8) is 0 Å². The van der Waals surface area contributed by atoms with Crippen molar-refractivity contribution in [3.05, 3.63) is 17.0 Å². The predicted molar refractivity (Wildman–Crippen MR) is 112 cm³/mol. The summed E-state index contributed by atoms with van der Waals surface area (Å²) in [5, 5.41) is 0.908. The van der Waals surface area contributed by atoms with Crippen LogP contribution in [0.3, 0.4) is 0 Å². The van der Waals surface area contributed by atoms with Crippen molar-refractivity contribution < 1.29 is 13.9 Å². The zero-order valence-electron chi connectivity index (χ0n) is 16.8. The first-order valence-electron chi connectivity index (χ1n) is 9.14. The van der Waals surface area contributed by atoms with Gasteiger partial charge >= 0.3 is 0 Å². The molecule has 150 valence electrons. The van der Waals surface area contributed by atoms with E-state index in [0.29, 0.717) is 12.4 Å². The number of nitrogens with zero attached hydrogens (tertiary/aromatic N) is 3. The largest absolute Gasteiger partial charge is 0.409 e. The van der Waals surface area contributed by atoms with Crippen LogP contribution in [-0.2, 0) is 13.9 Å². The lowest BCUT2D eigenvalue weighted by Crippen LogP contribution is -2.45. The zero-order valence-corrected chi connectivity index (χ0v) is 19.4. The van der Waals surface area contributed by atoms with E-state index in [1.165, 1.54) is 6.33 Å². The van der Waals surface area contributed by atoms with Gasteiger partial charge in [0, 0.05) is 24.2 Å². The minimum absolute atomic E-state index is 0.0230. The van der Waals surface area contributed by atoms with E-state index >= 15 is 0 Å². The first-order chi connectivity index (χ1) is 12.5. The van der Waals surface area contributed by atoms with E-state index in [0.717, 1.165) is 21.9 Å². The van der Waals surface area contributed by atoms with Crippen LogP contribution in [0, 0.1) is 0 Å². The van der Waals surface area contributed by atoms with E-state index < -0.39 is 8.32 Å². The Morgan fingerprint density at radius 1 is 1.37 bits per heavy atom. The molecule has 1 fully saturated rings. The van der Waals surface area contributed by atoms with Crippen molar-refractivity contribution in [3.8, 4) is 0 Å². The molecule has 0 spiro atoms. The molecule has 9 heteroatoms.